The van der Waals surface area contributed by atoms with Crippen molar-refractivity contribution in [2.75, 3.05) is 19.8 Å². The zero-order valence-corrected chi connectivity index (χ0v) is 14.0. The molecule has 0 bridgehead atoms. The van der Waals surface area contributed by atoms with Crippen molar-refractivity contribution in [3.8, 4) is 0 Å². The van der Waals surface area contributed by atoms with E-state index in [0.717, 1.165) is 0 Å². The summed E-state index contributed by atoms with van der Waals surface area (Å²) in [5, 5.41) is 0.518. The van der Waals surface area contributed by atoms with E-state index >= 15 is 0 Å². The summed E-state index contributed by atoms with van der Waals surface area (Å²) in [5.41, 5.74) is -0.627. The van der Waals surface area contributed by atoms with Crippen LogP contribution in [0.4, 0.5) is 0 Å². The minimum atomic E-state index is -3.67. The van der Waals surface area contributed by atoms with Crippen LogP contribution in [0.1, 0.15) is 32.0 Å². The summed E-state index contributed by atoms with van der Waals surface area (Å²) in [6.07, 6.45) is 0. The molecule has 1 aromatic rings. The largest absolute Gasteiger partial charge is 0.465 e. The Bertz CT molecular complexity index is 493. The Morgan fingerprint density at radius 2 is 1.62 bits per heavy atom. The highest BCUT2D eigenvalue weighted by atomic mass is 35.5. The number of rotatable bonds is 8. The minimum Gasteiger partial charge on any atom is -0.465 e. The molecule has 7 heteroatoms. The molecule has 1 aromatic carbocycles. The van der Waals surface area contributed by atoms with Crippen LogP contribution in [0.2, 0.25) is 5.02 Å². The fraction of sp³-hybridized carbons (Fsp3) is 0.500. The lowest BCUT2D eigenvalue weighted by molar-refractivity contribution is -0.143. The summed E-state index contributed by atoms with van der Waals surface area (Å²) in [5.74, 6) is -0.634. The topological polar surface area (TPSA) is 61.8 Å². The highest BCUT2D eigenvalue weighted by Gasteiger charge is 2.43. The van der Waals surface area contributed by atoms with Crippen LogP contribution in [-0.4, -0.2) is 25.8 Å². The number of halogens is 1. The fourth-order valence-electron chi connectivity index (χ4n) is 1.86. The number of carbonyl (C=O) groups is 1. The van der Waals surface area contributed by atoms with Gasteiger partial charge in [0.2, 0.25) is 0 Å². The molecule has 0 heterocycles. The third kappa shape index (κ3) is 4.82. The highest BCUT2D eigenvalue weighted by Crippen LogP contribution is 2.61. The summed E-state index contributed by atoms with van der Waals surface area (Å²) in [7, 11) is -3.67. The Hall–Kier alpha value is -0.870. The molecule has 1 rings (SSSR count). The maximum absolute atomic E-state index is 12.9. The van der Waals surface area contributed by atoms with Gasteiger partial charge in [-0.1, -0.05) is 23.7 Å². The van der Waals surface area contributed by atoms with Crippen LogP contribution in [0, 0.1) is 0 Å². The quantitative estimate of drug-likeness (QED) is 0.526. The van der Waals surface area contributed by atoms with Crippen molar-refractivity contribution in [2.45, 2.75) is 26.4 Å². The molecule has 1 unspecified atom stereocenters. The second kappa shape index (κ2) is 8.54. The lowest BCUT2D eigenvalue weighted by Crippen LogP contribution is -2.19. The standard InChI is InChI=1S/C14H20ClO5P/c1-4-18-14(16)13(11-7-9-12(15)10-8-11)21(17,19-5-2)20-6-3/h7-10,13H,4-6H2,1-3H3. The average Bonchev–Trinajstić information content (AvgIpc) is 2.42. The Morgan fingerprint density at radius 1 is 1.10 bits per heavy atom. The maximum Gasteiger partial charge on any atom is 0.349 e. The van der Waals surface area contributed by atoms with Gasteiger partial charge in [0.25, 0.3) is 0 Å². The number of esters is 1. The zero-order chi connectivity index (χ0) is 15.9. The number of hydrogen-bond donors (Lipinski definition) is 0. The summed E-state index contributed by atoms with van der Waals surface area (Å²) >= 11 is 5.85. The van der Waals surface area contributed by atoms with Crippen molar-refractivity contribution in [3.05, 3.63) is 34.9 Å². The molecule has 5 nitrogen and oxygen atoms in total. The average molecular weight is 335 g/mol. The second-order valence-electron chi connectivity index (χ2n) is 4.08. The van der Waals surface area contributed by atoms with Crippen molar-refractivity contribution in [2.24, 2.45) is 0 Å². The third-order valence-corrected chi connectivity index (χ3v) is 5.26. The van der Waals surface area contributed by atoms with E-state index in [2.05, 4.69) is 0 Å². The van der Waals surface area contributed by atoms with Gasteiger partial charge in [-0.15, -0.1) is 0 Å². The molecule has 0 saturated carbocycles. The number of benzene rings is 1. The molecule has 0 radical (unpaired) electrons. The number of carbonyl (C=O) groups excluding carboxylic acids is 1. The van der Waals surface area contributed by atoms with Gasteiger partial charge < -0.3 is 13.8 Å². The van der Waals surface area contributed by atoms with Crippen LogP contribution in [0.25, 0.3) is 0 Å². The zero-order valence-electron chi connectivity index (χ0n) is 12.4. The molecule has 0 amide bonds. The van der Waals surface area contributed by atoms with Gasteiger partial charge in [0.05, 0.1) is 19.8 Å². The molecule has 0 aliphatic heterocycles. The maximum atomic E-state index is 12.9. The molecule has 0 fully saturated rings. The molecule has 0 N–H and O–H groups in total. The molecular formula is C14H20ClO5P. The van der Waals surface area contributed by atoms with Gasteiger partial charge in [0, 0.05) is 5.02 Å². The highest BCUT2D eigenvalue weighted by molar-refractivity contribution is 7.55. The molecule has 1 atom stereocenters. The monoisotopic (exact) mass is 334 g/mol. The Kier molecular flexibility index (Phi) is 7.40. The molecule has 0 aliphatic carbocycles. The van der Waals surface area contributed by atoms with E-state index in [1.54, 1.807) is 45.0 Å². The van der Waals surface area contributed by atoms with Gasteiger partial charge in [-0.05, 0) is 38.5 Å². The van der Waals surface area contributed by atoms with Crippen LogP contribution in [0.15, 0.2) is 24.3 Å². The summed E-state index contributed by atoms with van der Waals surface area (Å²) < 4.78 is 28.5. The first-order valence-corrected chi connectivity index (χ1v) is 8.78. The molecule has 118 valence electrons. The van der Waals surface area contributed by atoms with E-state index in [1.807, 2.05) is 0 Å². The van der Waals surface area contributed by atoms with Gasteiger partial charge in [-0.2, -0.15) is 0 Å². The Balaban J connectivity index is 3.25. The van der Waals surface area contributed by atoms with Crippen molar-refractivity contribution >= 4 is 25.2 Å². The van der Waals surface area contributed by atoms with Crippen molar-refractivity contribution in [3.63, 3.8) is 0 Å². The molecule has 21 heavy (non-hydrogen) atoms. The summed E-state index contributed by atoms with van der Waals surface area (Å²) in [6.45, 7) is 5.58. The fourth-order valence-corrected chi connectivity index (χ4v) is 3.95. The van der Waals surface area contributed by atoms with E-state index in [0.29, 0.717) is 10.6 Å². The van der Waals surface area contributed by atoms with Crippen LogP contribution >= 0.6 is 19.2 Å². The van der Waals surface area contributed by atoms with E-state index in [9.17, 15) is 9.36 Å². The number of hydrogen-bond acceptors (Lipinski definition) is 5. The van der Waals surface area contributed by atoms with Crippen molar-refractivity contribution < 1.29 is 23.1 Å². The predicted octanol–water partition coefficient (Wildman–Crippen LogP) is 4.21. The van der Waals surface area contributed by atoms with Crippen LogP contribution in [-0.2, 0) is 23.1 Å². The second-order valence-corrected chi connectivity index (χ2v) is 6.63. The van der Waals surface area contributed by atoms with Crippen LogP contribution in [0.5, 0.6) is 0 Å². The third-order valence-electron chi connectivity index (χ3n) is 2.63. The molecule has 0 saturated heterocycles. The lowest BCUT2D eigenvalue weighted by atomic mass is 10.1. The first-order chi connectivity index (χ1) is 9.98. The van der Waals surface area contributed by atoms with Crippen LogP contribution in [0.3, 0.4) is 0 Å². The van der Waals surface area contributed by atoms with Gasteiger partial charge in [0.1, 0.15) is 0 Å². The summed E-state index contributed by atoms with van der Waals surface area (Å²) in [6, 6.07) is 6.47. The van der Waals surface area contributed by atoms with E-state index in [-0.39, 0.29) is 19.8 Å². The molecular weight excluding hydrogens is 315 g/mol. The normalized spacial score (nSPS) is 13.0. The molecule has 0 aromatic heterocycles. The van der Waals surface area contributed by atoms with Gasteiger partial charge in [-0.25, -0.2) is 0 Å². The SMILES string of the molecule is CCOC(=O)C(c1ccc(Cl)cc1)P(=O)(OCC)OCC. The first kappa shape index (κ1) is 18.2. The van der Waals surface area contributed by atoms with E-state index in [1.165, 1.54) is 0 Å². The van der Waals surface area contributed by atoms with E-state index < -0.39 is 19.2 Å². The lowest BCUT2D eigenvalue weighted by Gasteiger charge is -2.25. The molecule has 0 spiro atoms. The first-order valence-electron chi connectivity index (χ1n) is 6.79. The van der Waals surface area contributed by atoms with Crippen LogP contribution < -0.4 is 0 Å². The van der Waals surface area contributed by atoms with Gasteiger partial charge in [-0.3, -0.25) is 9.36 Å². The Morgan fingerprint density at radius 3 is 2.05 bits per heavy atom. The van der Waals surface area contributed by atoms with E-state index in [4.69, 9.17) is 25.4 Å². The predicted molar refractivity (Wildman–Crippen MR) is 81.7 cm³/mol. The smallest absolute Gasteiger partial charge is 0.349 e. The van der Waals surface area contributed by atoms with Gasteiger partial charge >= 0.3 is 13.6 Å². The number of ether oxygens (including phenoxy) is 1. The summed E-state index contributed by atoms with van der Waals surface area (Å²) in [4.78, 5) is 12.2. The minimum absolute atomic E-state index is 0.167. The van der Waals surface area contributed by atoms with Crippen molar-refractivity contribution in [1.82, 2.24) is 0 Å². The Labute approximate surface area is 130 Å². The van der Waals surface area contributed by atoms with Crippen molar-refractivity contribution in [1.29, 1.82) is 0 Å². The molecule has 0 aliphatic rings. The van der Waals surface area contributed by atoms with Gasteiger partial charge in [0.15, 0.2) is 5.66 Å².